The fraction of sp³-hybridized carbons (Fsp3) is 0.385. The zero-order valence-corrected chi connectivity index (χ0v) is 13.3. The predicted octanol–water partition coefficient (Wildman–Crippen LogP) is 2.39. The van der Waals surface area contributed by atoms with Crippen LogP contribution < -0.4 is 11.1 Å². The van der Waals surface area contributed by atoms with Crippen LogP contribution in [0.25, 0.3) is 0 Å². The van der Waals surface area contributed by atoms with E-state index in [4.69, 9.17) is 18.0 Å². The molecule has 0 saturated carbocycles. The maximum atomic E-state index is 11.9. The van der Waals surface area contributed by atoms with Gasteiger partial charge in [0, 0.05) is 17.4 Å². The number of carbonyl (C=O) groups excluding carboxylic acids is 1. The van der Waals surface area contributed by atoms with E-state index in [0.717, 1.165) is 16.7 Å². The highest BCUT2D eigenvalue weighted by Crippen LogP contribution is 2.20. The molecule has 4 nitrogen and oxygen atoms in total. The molecule has 0 aliphatic carbocycles. The summed E-state index contributed by atoms with van der Waals surface area (Å²) >= 11 is 8.24. The number of thiocarbonyl (C=S) groups is 1. The van der Waals surface area contributed by atoms with E-state index in [1.165, 1.54) is 0 Å². The normalized spacial score (nSPS) is 10.5. The first kappa shape index (κ1) is 16.1. The summed E-state index contributed by atoms with van der Waals surface area (Å²) in [5.74, 6) is -0.0447. The molecule has 1 aromatic rings. The molecule has 0 unspecified atom stereocenters. The highest BCUT2D eigenvalue weighted by atomic mass is 79.9. The van der Waals surface area contributed by atoms with Crippen LogP contribution in [0.2, 0.25) is 0 Å². The van der Waals surface area contributed by atoms with E-state index in [1.54, 1.807) is 0 Å². The van der Waals surface area contributed by atoms with Crippen molar-refractivity contribution in [2.75, 3.05) is 25.0 Å². The van der Waals surface area contributed by atoms with Crippen molar-refractivity contribution >= 4 is 44.7 Å². The molecule has 0 aliphatic heterocycles. The minimum absolute atomic E-state index is 0.0447. The third kappa shape index (κ3) is 6.13. The summed E-state index contributed by atoms with van der Waals surface area (Å²) in [5.41, 5.74) is 6.24. The number of benzene rings is 1. The summed E-state index contributed by atoms with van der Waals surface area (Å²) in [5, 5.41) is 2.87. The van der Waals surface area contributed by atoms with Crippen molar-refractivity contribution in [3.05, 3.63) is 28.7 Å². The number of para-hydroxylation sites is 1. The van der Waals surface area contributed by atoms with Gasteiger partial charge in [-0.1, -0.05) is 31.3 Å². The van der Waals surface area contributed by atoms with Crippen LogP contribution in [0.3, 0.4) is 0 Å². The fourth-order valence-electron chi connectivity index (χ4n) is 1.57. The lowest BCUT2D eigenvalue weighted by Crippen LogP contribution is -2.35. The molecule has 0 bridgehead atoms. The Morgan fingerprint density at radius 2 is 2.16 bits per heavy atom. The van der Waals surface area contributed by atoms with Crippen LogP contribution in [0, 0.1) is 0 Å². The molecular weight excluding hydrogens is 326 g/mol. The van der Waals surface area contributed by atoms with E-state index < -0.39 is 0 Å². The van der Waals surface area contributed by atoms with Crippen molar-refractivity contribution in [2.45, 2.75) is 13.3 Å². The summed E-state index contributed by atoms with van der Waals surface area (Å²) in [6, 6.07) is 7.53. The van der Waals surface area contributed by atoms with Gasteiger partial charge in [0.15, 0.2) is 0 Å². The number of carbonyl (C=O) groups is 1. The number of halogens is 1. The number of hydrogen-bond acceptors (Lipinski definition) is 3. The molecule has 104 valence electrons. The second-order valence-corrected chi connectivity index (χ2v) is 5.49. The maximum absolute atomic E-state index is 11.9. The molecule has 0 fully saturated rings. The van der Waals surface area contributed by atoms with Crippen LogP contribution in [0.4, 0.5) is 5.69 Å². The van der Waals surface area contributed by atoms with Crippen LogP contribution in [0.1, 0.15) is 13.3 Å². The first-order valence-corrected chi connectivity index (χ1v) is 7.28. The lowest BCUT2D eigenvalue weighted by atomic mass is 10.3. The number of nitrogens with two attached hydrogens (primary N) is 1. The number of nitrogens with one attached hydrogen (secondary N) is 1. The molecule has 0 aromatic heterocycles. The molecule has 3 N–H and O–H groups in total. The van der Waals surface area contributed by atoms with Gasteiger partial charge >= 0.3 is 0 Å². The second-order valence-electron chi connectivity index (χ2n) is 4.11. The van der Waals surface area contributed by atoms with Gasteiger partial charge in [-0.2, -0.15) is 0 Å². The third-order valence-corrected chi connectivity index (χ3v) is 3.53. The van der Waals surface area contributed by atoms with Crippen LogP contribution in [-0.4, -0.2) is 35.4 Å². The fourth-order valence-corrected chi connectivity index (χ4v) is 2.05. The first-order valence-electron chi connectivity index (χ1n) is 6.08. The van der Waals surface area contributed by atoms with Crippen LogP contribution in [-0.2, 0) is 4.79 Å². The molecular formula is C13H18BrN3OS. The van der Waals surface area contributed by atoms with E-state index in [1.807, 2.05) is 36.1 Å². The average Bonchev–Trinajstić information content (AvgIpc) is 2.37. The Bertz CT molecular complexity index is 453. The van der Waals surface area contributed by atoms with Crippen molar-refractivity contribution in [1.82, 2.24) is 4.90 Å². The van der Waals surface area contributed by atoms with Gasteiger partial charge < -0.3 is 11.1 Å². The average molecular weight is 344 g/mol. The van der Waals surface area contributed by atoms with E-state index in [0.29, 0.717) is 24.5 Å². The SMILES string of the molecule is CCN(CCC(N)=S)CC(=O)Nc1ccccc1Br. The Morgan fingerprint density at radius 3 is 2.74 bits per heavy atom. The third-order valence-electron chi connectivity index (χ3n) is 2.64. The Labute approximate surface area is 127 Å². The molecule has 0 heterocycles. The predicted molar refractivity (Wildman–Crippen MR) is 86.3 cm³/mol. The van der Waals surface area contributed by atoms with Crippen LogP contribution in [0.15, 0.2) is 28.7 Å². The number of hydrogen-bond donors (Lipinski definition) is 2. The molecule has 0 radical (unpaired) electrons. The van der Waals surface area contributed by atoms with E-state index >= 15 is 0 Å². The molecule has 0 atom stereocenters. The van der Waals surface area contributed by atoms with Gasteiger partial charge in [-0.3, -0.25) is 9.69 Å². The topological polar surface area (TPSA) is 58.4 Å². The summed E-state index contributed by atoms with van der Waals surface area (Å²) < 4.78 is 0.870. The molecule has 0 aliphatic rings. The second kappa shape index (κ2) is 8.24. The van der Waals surface area contributed by atoms with Gasteiger partial charge in [0.05, 0.1) is 17.2 Å². The van der Waals surface area contributed by atoms with Gasteiger partial charge in [-0.15, -0.1) is 0 Å². The van der Waals surface area contributed by atoms with Gasteiger partial charge in [0.2, 0.25) is 5.91 Å². The first-order chi connectivity index (χ1) is 9.02. The summed E-state index contributed by atoms with van der Waals surface area (Å²) in [4.78, 5) is 14.4. The Hall–Kier alpha value is -0.980. The van der Waals surface area contributed by atoms with Crippen molar-refractivity contribution < 1.29 is 4.79 Å². The number of nitrogens with zero attached hydrogens (tertiary/aromatic N) is 1. The number of rotatable bonds is 7. The Balaban J connectivity index is 2.49. The van der Waals surface area contributed by atoms with Gasteiger partial charge in [0.1, 0.15) is 0 Å². The van der Waals surface area contributed by atoms with E-state index in [9.17, 15) is 4.79 Å². The molecule has 6 heteroatoms. The quantitative estimate of drug-likeness (QED) is 0.746. The summed E-state index contributed by atoms with van der Waals surface area (Å²) in [7, 11) is 0. The molecule has 0 spiro atoms. The monoisotopic (exact) mass is 343 g/mol. The van der Waals surface area contributed by atoms with Crippen LogP contribution in [0.5, 0.6) is 0 Å². The molecule has 1 rings (SSSR count). The summed E-state index contributed by atoms with van der Waals surface area (Å²) in [6.07, 6.45) is 0.630. The number of likely N-dealkylation sites (N-methyl/N-ethyl adjacent to an activating group) is 1. The number of anilines is 1. The smallest absolute Gasteiger partial charge is 0.238 e. The molecule has 19 heavy (non-hydrogen) atoms. The zero-order valence-electron chi connectivity index (χ0n) is 10.9. The highest BCUT2D eigenvalue weighted by molar-refractivity contribution is 9.10. The molecule has 1 amide bonds. The number of amides is 1. The van der Waals surface area contributed by atoms with Gasteiger partial charge in [0.25, 0.3) is 0 Å². The van der Waals surface area contributed by atoms with Crippen molar-refractivity contribution in [3.8, 4) is 0 Å². The summed E-state index contributed by atoms with van der Waals surface area (Å²) in [6.45, 7) is 3.83. The molecule has 0 saturated heterocycles. The minimum atomic E-state index is -0.0447. The zero-order chi connectivity index (χ0) is 14.3. The largest absolute Gasteiger partial charge is 0.393 e. The van der Waals surface area contributed by atoms with Gasteiger partial charge in [-0.05, 0) is 34.6 Å². The van der Waals surface area contributed by atoms with E-state index in [-0.39, 0.29) is 5.91 Å². The van der Waals surface area contributed by atoms with E-state index in [2.05, 4.69) is 21.2 Å². The van der Waals surface area contributed by atoms with Crippen molar-refractivity contribution in [1.29, 1.82) is 0 Å². The highest BCUT2D eigenvalue weighted by Gasteiger charge is 2.10. The van der Waals surface area contributed by atoms with Crippen LogP contribution >= 0.6 is 28.1 Å². The lowest BCUT2D eigenvalue weighted by molar-refractivity contribution is -0.117. The minimum Gasteiger partial charge on any atom is -0.393 e. The van der Waals surface area contributed by atoms with Crippen molar-refractivity contribution in [3.63, 3.8) is 0 Å². The van der Waals surface area contributed by atoms with Crippen molar-refractivity contribution in [2.24, 2.45) is 5.73 Å². The van der Waals surface area contributed by atoms with Gasteiger partial charge in [-0.25, -0.2) is 0 Å². The Kier molecular flexibility index (Phi) is 6.97. The molecule has 1 aromatic carbocycles. The standard InChI is InChI=1S/C13H18BrN3OS/c1-2-17(8-7-12(15)19)9-13(18)16-11-6-4-3-5-10(11)14/h3-6H,2,7-9H2,1H3,(H2,15,19)(H,16,18). The lowest BCUT2D eigenvalue weighted by Gasteiger charge is -2.19. The Morgan fingerprint density at radius 1 is 1.47 bits per heavy atom. The maximum Gasteiger partial charge on any atom is 0.238 e.